The van der Waals surface area contributed by atoms with E-state index < -0.39 is 0 Å². The molecule has 1 aliphatic rings. The number of nitrogens with zero attached hydrogens (tertiary/aromatic N) is 1. The summed E-state index contributed by atoms with van der Waals surface area (Å²) in [5, 5.41) is 7.31. The van der Waals surface area contributed by atoms with E-state index in [0.717, 1.165) is 33.7 Å². The lowest BCUT2D eigenvalue weighted by molar-refractivity contribution is -0.135. The van der Waals surface area contributed by atoms with Crippen LogP contribution in [0, 0.1) is 0 Å². The largest absolute Gasteiger partial charge is 0.497 e. The zero-order valence-electron chi connectivity index (χ0n) is 18.9. The van der Waals surface area contributed by atoms with Gasteiger partial charge in [-0.1, -0.05) is 36.4 Å². The van der Waals surface area contributed by atoms with Crippen molar-refractivity contribution in [3.8, 4) is 34.4 Å². The molecule has 0 aliphatic carbocycles. The molecule has 1 atom stereocenters. The Balaban J connectivity index is 1.48. The number of carbonyl (C=O) groups excluding carboxylic acids is 1. The van der Waals surface area contributed by atoms with Gasteiger partial charge in [0.15, 0.2) is 11.5 Å². The number of H-pyrrole nitrogens is 1. The molecule has 0 amide bonds. The number of aromatic nitrogens is 2. The van der Waals surface area contributed by atoms with Gasteiger partial charge in [0, 0.05) is 11.5 Å². The topological polar surface area (TPSA) is 82.7 Å². The minimum atomic E-state index is -0.325. The third-order valence-corrected chi connectivity index (χ3v) is 5.90. The fourth-order valence-electron chi connectivity index (χ4n) is 4.17. The summed E-state index contributed by atoms with van der Waals surface area (Å²) in [6.45, 7) is 0.430. The molecule has 0 bridgehead atoms. The number of hydrogen-bond acceptors (Lipinski definition) is 6. The maximum Gasteiger partial charge on any atom is 0.313 e. The smallest absolute Gasteiger partial charge is 0.313 e. The van der Waals surface area contributed by atoms with E-state index >= 15 is 0 Å². The maximum atomic E-state index is 12.4. The molecule has 0 spiro atoms. The summed E-state index contributed by atoms with van der Waals surface area (Å²) in [6.07, 6.45) is 0.197. The average Bonchev–Trinajstić information content (AvgIpc) is 3.31. The summed E-state index contributed by atoms with van der Waals surface area (Å²) in [4.78, 5) is 12.4. The number of carbonyl (C=O) groups is 1. The molecule has 7 heteroatoms. The Morgan fingerprint density at radius 1 is 0.971 bits per heavy atom. The molecule has 34 heavy (non-hydrogen) atoms. The molecular formula is C27H24N2O5. The number of ether oxygens (including phenoxy) is 4. The van der Waals surface area contributed by atoms with Gasteiger partial charge in [-0.15, -0.1) is 5.10 Å². The van der Waals surface area contributed by atoms with E-state index in [0.29, 0.717) is 24.0 Å². The van der Waals surface area contributed by atoms with Crippen molar-refractivity contribution >= 4 is 5.97 Å². The van der Waals surface area contributed by atoms with E-state index in [1.165, 1.54) is 0 Å². The highest BCUT2D eigenvalue weighted by atomic mass is 16.5. The Hall–Kier alpha value is -4.26. The van der Waals surface area contributed by atoms with Crippen LogP contribution in [0.2, 0.25) is 0 Å². The normalized spacial score (nSPS) is 14.8. The van der Waals surface area contributed by atoms with E-state index in [1.54, 1.807) is 14.2 Å². The predicted molar refractivity (Wildman–Crippen MR) is 126 cm³/mol. The molecular weight excluding hydrogens is 432 g/mol. The lowest BCUT2D eigenvalue weighted by Gasteiger charge is -2.23. The number of nitrogens with one attached hydrogen (secondary N) is 1. The van der Waals surface area contributed by atoms with E-state index in [4.69, 9.17) is 18.9 Å². The standard InChI is InChI=1S/C27H24N2O5/c1-31-20-11-8-18(9-12-20)26-25-21(15-24(30)34-27(25)29-28-26)19-10-13-22(23(14-19)32-2)33-16-17-6-4-3-5-7-17/h3-14,21H,15-16H2,1-2H3,(H,28,29). The zero-order chi connectivity index (χ0) is 23.5. The number of fused-ring (bicyclic) bond motifs is 1. The summed E-state index contributed by atoms with van der Waals surface area (Å²) in [5.41, 5.74) is 4.55. The van der Waals surface area contributed by atoms with Crippen LogP contribution in [0.25, 0.3) is 11.3 Å². The average molecular weight is 456 g/mol. The molecule has 1 unspecified atom stereocenters. The molecule has 1 aliphatic heterocycles. The molecule has 2 heterocycles. The molecule has 172 valence electrons. The van der Waals surface area contributed by atoms with Crippen LogP contribution in [-0.4, -0.2) is 30.4 Å². The number of hydrogen-bond donors (Lipinski definition) is 1. The molecule has 0 saturated heterocycles. The summed E-state index contributed by atoms with van der Waals surface area (Å²) in [6, 6.07) is 23.4. The summed E-state index contributed by atoms with van der Waals surface area (Å²) in [5.74, 6) is 1.73. The third kappa shape index (κ3) is 4.20. The number of methoxy groups -OCH3 is 2. The van der Waals surface area contributed by atoms with Gasteiger partial charge in [0.05, 0.1) is 31.9 Å². The van der Waals surface area contributed by atoms with Gasteiger partial charge in [-0.25, -0.2) is 0 Å². The monoisotopic (exact) mass is 456 g/mol. The molecule has 0 fully saturated rings. The van der Waals surface area contributed by atoms with Gasteiger partial charge in [0.2, 0.25) is 5.88 Å². The van der Waals surface area contributed by atoms with Crippen molar-refractivity contribution in [3.05, 3.63) is 89.5 Å². The summed E-state index contributed by atoms with van der Waals surface area (Å²) in [7, 11) is 3.23. The highest BCUT2D eigenvalue weighted by Crippen LogP contribution is 2.44. The van der Waals surface area contributed by atoms with Crippen molar-refractivity contribution in [2.75, 3.05) is 14.2 Å². The minimum absolute atomic E-state index is 0.197. The molecule has 1 aromatic heterocycles. The molecule has 4 aromatic rings. The molecule has 1 N–H and O–H groups in total. The Kier molecular flexibility index (Phi) is 5.91. The summed E-state index contributed by atoms with van der Waals surface area (Å²) >= 11 is 0. The van der Waals surface area contributed by atoms with Crippen molar-refractivity contribution in [1.29, 1.82) is 0 Å². The predicted octanol–water partition coefficient (Wildman–Crippen LogP) is 5.11. The molecule has 7 nitrogen and oxygen atoms in total. The lowest BCUT2D eigenvalue weighted by atomic mass is 9.85. The van der Waals surface area contributed by atoms with Gasteiger partial charge in [-0.3, -0.25) is 9.89 Å². The zero-order valence-corrected chi connectivity index (χ0v) is 18.9. The van der Waals surface area contributed by atoms with Gasteiger partial charge >= 0.3 is 5.97 Å². The maximum absolute atomic E-state index is 12.4. The van der Waals surface area contributed by atoms with Crippen LogP contribution < -0.4 is 18.9 Å². The first-order chi connectivity index (χ1) is 16.7. The van der Waals surface area contributed by atoms with Crippen molar-refractivity contribution in [1.82, 2.24) is 10.2 Å². The number of benzene rings is 3. The second kappa shape index (κ2) is 9.31. The second-order valence-corrected chi connectivity index (χ2v) is 7.96. The first-order valence-electron chi connectivity index (χ1n) is 10.9. The van der Waals surface area contributed by atoms with Crippen molar-refractivity contribution in [2.24, 2.45) is 0 Å². The van der Waals surface area contributed by atoms with Crippen LogP contribution in [-0.2, 0) is 11.4 Å². The van der Waals surface area contributed by atoms with Crippen LogP contribution in [0.1, 0.15) is 29.0 Å². The minimum Gasteiger partial charge on any atom is -0.497 e. The van der Waals surface area contributed by atoms with Gasteiger partial charge in [-0.05, 0) is 47.5 Å². The Morgan fingerprint density at radius 2 is 1.76 bits per heavy atom. The van der Waals surface area contributed by atoms with Crippen molar-refractivity contribution < 1.29 is 23.7 Å². The molecule has 0 saturated carbocycles. The van der Waals surface area contributed by atoms with E-state index in [2.05, 4.69) is 10.2 Å². The highest BCUT2D eigenvalue weighted by molar-refractivity contribution is 5.80. The second-order valence-electron chi connectivity index (χ2n) is 7.96. The quantitative estimate of drug-likeness (QED) is 0.389. The summed E-state index contributed by atoms with van der Waals surface area (Å²) < 4.78 is 22.3. The molecule has 3 aromatic carbocycles. The van der Waals surface area contributed by atoms with Crippen molar-refractivity contribution in [2.45, 2.75) is 18.9 Å². The van der Waals surface area contributed by atoms with Crippen LogP contribution in [0.4, 0.5) is 0 Å². The van der Waals surface area contributed by atoms with Gasteiger partial charge in [0.1, 0.15) is 12.4 Å². The third-order valence-electron chi connectivity index (χ3n) is 5.90. The van der Waals surface area contributed by atoms with Crippen LogP contribution in [0.15, 0.2) is 72.8 Å². The Labute approximate surface area is 197 Å². The Morgan fingerprint density at radius 3 is 2.50 bits per heavy atom. The first kappa shape index (κ1) is 21.6. The van der Waals surface area contributed by atoms with Crippen LogP contribution in [0.3, 0.4) is 0 Å². The van der Waals surface area contributed by atoms with Gasteiger partial charge in [0.25, 0.3) is 0 Å². The number of esters is 1. The number of aromatic amines is 1. The Bertz CT molecular complexity index is 1300. The molecule has 5 rings (SSSR count). The van der Waals surface area contributed by atoms with Crippen LogP contribution in [0.5, 0.6) is 23.1 Å². The van der Waals surface area contributed by atoms with E-state index in [1.807, 2.05) is 72.8 Å². The number of rotatable bonds is 7. The lowest BCUT2D eigenvalue weighted by Crippen LogP contribution is -2.21. The fourth-order valence-corrected chi connectivity index (χ4v) is 4.17. The van der Waals surface area contributed by atoms with E-state index in [-0.39, 0.29) is 18.3 Å². The van der Waals surface area contributed by atoms with Gasteiger partial charge in [-0.2, -0.15) is 0 Å². The van der Waals surface area contributed by atoms with Crippen molar-refractivity contribution in [3.63, 3.8) is 0 Å². The molecule has 0 radical (unpaired) electrons. The SMILES string of the molecule is COc1ccc(-c2[nH]nc3c2C(c2ccc(OCc4ccccc4)c(OC)c2)CC(=O)O3)cc1. The van der Waals surface area contributed by atoms with Gasteiger partial charge < -0.3 is 18.9 Å². The van der Waals surface area contributed by atoms with E-state index in [9.17, 15) is 4.79 Å². The first-order valence-corrected chi connectivity index (χ1v) is 10.9. The highest BCUT2D eigenvalue weighted by Gasteiger charge is 2.34. The fraction of sp³-hybridized carbons (Fsp3) is 0.185. The van der Waals surface area contributed by atoms with Crippen LogP contribution >= 0.6 is 0 Å².